The number of hydrogen-bond acceptors (Lipinski definition) is 3. The number of nitrogens with one attached hydrogen (secondary N) is 1. The maximum absolute atomic E-state index is 13.4. The van der Waals surface area contributed by atoms with Gasteiger partial charge in [0.1, 0.15) is 6.04 Å². The van der Waals surface area contributed by atoms with Crippen LogP contribution in [-0.4, -0.2) is 42.4 Å². The third kappa shape index (κ3) is 2.99. The molecule has 1 aliphatic heterocycles. The molecule has 1 aromatic rings. The van der Waals surface area contributed by atoms with Crippen molar-refractivity contribution in [3.05, 3.63) is 28.5 Å². The highest BCUT2D eigenvalue weighted by molar-refractivity contribution is 6.31. The fraction of sp³-hybridized carbons (Fsp3) is 0.500. The molecule has 1 aromatic carbocycles. The molecule has 0 saturated carbocycles. The predicted octanol–water partition coefficient (Wildman–Crippen LogP) is 2.69. The monoisotopic (exact) mass is 312 g/mol. The maximum atomic E-state index is 13.4. The van der Waals surface area contributed by atoms with E-state index in [1.165, 1.54) is 0 Å². The summed E-state index contributed by atoms with van der Waals surface area (Å²) >= 11 is 5.75. The molecular weight excluding hydrogens is 300 g/mol. The van der Waals surface area contributed by atoms with E-state index in [0.717, 1.165) is 17.0 Å². The van der Waals surface area contributed by atoms with Crippen LogP contribution < -0.4 is 5.32 Å². The topological polar surface area (TPSA) is 35.5 Å². The zero-order chi connectivity index (χ0) is 14.9. The average Bonchev–Trinajstić information content (AvgIpc) is 2.39. The van der Waals surface area contributed by atoms with Crippen LogP contribution in [0.4, 0.5) is 17.6 Å². The van der Waals surface area contributed by atoms with Gasteiger partial charge in [0.05, 0.1) is 0 Å². The van der Waals surface area contributed by atoms with Crippen molar-refractivity contribution < 1.29 is 22.7 Å². The van der Waals surface area contributed by atoms with Crippen molar-refractivity contribution in [2.45, 2.75) is 12.2 Å². The van der Waals surface area contributed by atoms with Crippen LogP contribution in [-0.2, 0) is 0 Å². The van der Waals surface area contributed by atoms with E-state index in [-0.39, 0.29) is 18.1 Å². The molecule has 1 aliphatic rings. The lowest BCUT2D eigenvalue weighted by Crippen LogP contribution is -2.49. The smallest absolute Gasteiger partial charge is 0.408 e. The Labute approximate surface area is 118 Å². The normalized spacial score (nSPS) is 19.1. The van der Waals surface area contributed by atoms with Crippen molar-refractivity contribution in [1.29, 1.82) is 0 Å². The van der Waals surface area contributed by atoms with Crippen molar-refractivity contribution in [2.24, 2.45) is 0 Å². The van der Waals surface area contributed by atoms with Crippen LogP contribution in [0.3, 0.4) is 0 Å². The second-order valence-corrected chi connectivity index (χ2v) is 4.93. The van der Waals surface area contributed by atoms with Gasteiger partial charge in [-0.15, -0.1) is 0 Å². The van der Waals surface area contributed by atoms with Crippen molar-refractivity contribution in [3.8, 4) is 5.75 Å². The average molecular weight is 313 g/mol. The molecule has 1 heterocycles. The fourth-order valence-corrected chi connectivity index (χ4v) is 2.57. The fourth-order valence-electron chi connectivity index (χ4n) is 2.31. The Morgan fingerprint density at radius 3 is 2.40 bits per heavy atom. The molecule has 20 heavy (non-hydrogen) atoms. The van der Waals surface area contributed by atoms with Gasteiger partial charge >= 0.3 is 6.18 Å². The minimum absolute atomic E-state index is 0.135. The second-order valence-electron chi connectivity index (χ2n) is 4.52. The maximum Gasteiger partial charge on any atom is 0.408 e. The van der Waals surface area contributed by atoms with Crippen molar-refractivity contribution in [1.82, 2.24) is 10.2 Å². The number of alkyl halides is 3. The molecule has 1 fully saturated rings. The molecule has 0 aliphatic carbocycles. The van der Waals surface area contributed by atoms with E-state index in [1.54, 1.807) is 0 Å². The van der Waals surface area contributed by atoms with Crippen LogP contribution in [0.25, 0.3) is 0 Å². The second kappa shape index (κ2) is 5.75. The van der Waals surface area contributed by atoms with Crippen LogP contribution in [0.1, 0.15) is 11.6 Å². The summed E-state index contributed by atoms with van der Waals surface area (Å²) in [6.07, 6.45) is -4.66. The standard InChI is InChI=1S/C12H13ClF4N2O/c13-7-1-2-8(14)10(20)9(7)11(12(15,16)17)19-5-3-18-4-6-19/h1-2,11,18,20H,3-6H2/t11-/m0/s1. The van der Waals surface area contributed by atoms with Gasteiger partial charge in [-0.25, -0.2) is 4.39 Å². The molecule has 0 radical (unpaired) electrons. The molecule has 1 saturated heterocycles. The van der Waals surface area contributed by atoms with Gasteiger partial charge in [-0.1, -0.05) is 11.6 Å². The molecule has 1 atom stereocenters. The molecular formula is C12H13ClF4N2O. The summed E-state index contributed by atoms with van der Waals surface area (Å²) in [5.41, 5.74) is -0.624. The Morgan fingerprint density at radius 1 is 1.25 bits per heavy atom. The van der Waals surface area contributed by atoms with Gasteiger partial charge in [0.25, 0.3) is 0 Å². The SMILES string of the molecule is Oc1c(F)ccc(Cl)c1[C@H](N1CCNCC1)C(F)(F)F. The van der Waals surface area contributed by atoms with Crippen LogP contribution >= 0.6 is 11.6 Å². The van der Waals surface area contributed by atoms with Gasteiger partial charge in [0.2, 0.25) is 0 Å². The number of hydrogen-bond donors (Lipinski definition) is 2. The van der Waals surface area contributed by atoms with E-state index < -0.39 is 29.3 Å². The van der Waals surface area contributed by atoms with Crippen LogP contribution in [0.15, 0.2) is 12.1 Å². The van der Waals surface area contributed by atoms with Gasteiger partial charge < -0.3 is 10.4 Å². The third-order valence-corrected chi connectivity index (χ3v) is 3.54. The van der Waals surface area contributed by atoms with Gasteiger partial charge in [-0.05, 0) is 12.1 Å². The Bertz CT molecular complexity index is 489. The Morgan fingerprint density at radius 2 is 1.85 bits per heavy atom. The zero-order valence-electron chi connectivity index (χ0n) is 10.3. The van der Waals surface area contributed by atoms with E-state index in [1.807, 2.05) is 0 Å². The van der Waals surface area contributed by atoms with Crippen molar-refractivity contribution in [2.75, 3.05) is 26.2 Å². The molecule has 0 amide bonds. The van der Waals surface area contributed by atoms with Gasteiger partial charge in [-0.3, -0.25) is 4.90 Å². The van der Waals surface area contributed by atoms with Gasteiger partial charge in [0, 0.05) is 36.8 Å². The van der Waals surface area contributed by atoms with Crippen LogP contribution in [0, 0.1) is 5.82 Å². The number of aromatic hydroxyl groups is 1. The number of benzene rings is 1. The highest BCUT2D eigenvalue weighted by Gasteiger charge is 2.47. The van der Waals surface area contributed by atoms with E-state index in [4.69, 9.17) is 11.6 Å². The van der Waals surface area contributed by atoms with E-state index in [0.29, 0.717) is 13.1 Å². The van der Waals surface area contributed by atoms with Gasteiger partial charge in [-0.2, -0.15) is 13.2 Å². The Kier molecular flexibility index (Phi) is 4.41. The Balaban J connectivity index is 2.49. The third-order valence-electron chi connectivity index (χ3n) is 3.21. The molecule has 0 unspecified atom stereocenters. The first kappa shape index (κ1) is 15.3. The van der Waals surface area contributed by atoms with E-state index >= 15 is 0 Å². The highest BCUT2D eigenvalue weighted by Crippen LogP contribution is 2.45. The number of halogens is 5. The van der Waals surface area contributed by atoms with Gasteiger partial charge in [0.15, 0.2) is 11.6 Å². The number of rotatable bonds is 2. The zero-order valence-corrected chi connectivity index (χ0v) is 11.1. The van der Waals surface area contributed by atoms with E-state index in [2.05, 4.69) is 5.32 Å². The predicted molar refractivity (Wildman–Crippen MR) is 66.3 cm³/mol. The number of phenolic OH excluding ortho intramolecular Hbond substituents is 1. The van der Waals surface area contributed by atoms with Crippen molar-refractivity contribution >= 4 is 11.6 Å². The molecule has 112 valence electrons. The van der Waals surface area contributed by atoms with E-state index in [9.17, 15) is 22.7 Å². The lowest BCUT2D eigenvalue weighted by molar-refractivity contribution is -0.188. The minimum atomic E-state index is -4.66. The lowest BCUT2D eigenvalue weighted by atomic mass is 10.0. The first-order chi connectivity index (χ1) is 9.32. The van der Waals surface area contributed by atoms with Crippen LogP contribution in [0.5, 0.6) is 5.75 Å². The molecule has 2 N–H and O–H groups in total. The minimum Gasteiger partial charge on any atom is -0.505 e. The summed E-state index contributed by atoms with van der Waals surface area (Å²) in [7, 11) is 0. The van der Waals surface area contributed by atoms with Crippen LogP contribution in [0.2, 0.25) is 5.02 Å². The van der Waals surface area contributed by atoms with Crippen molar-refractivity contribution in [3.63, 3.8) is 0 Å². The first-order valence-corrected chi connectivity index (χ1v) is 6.38. The summed E-state index contributed by atoms with van der Waals surface area (Å²) in [5.74, 6) is -2.16. The molecule has 3 nitrogen and oxygen atoms in total. The quantitative estimate of drug-likeness (QED) is 0.824. The largest absolute Gasteiger partial charge is 0.505 e. The molecule has 0 spiro atoms. The summed E-state index contributed by atoms with van der Waals surface area (Å²) in [4.78, 5) is 1.14. The number of phenols is 1. The first-order valence-electron chi connectivity index (χ1n) is 6.00. The molecule has 0 bridgehead atoms. The summed E-state index contributed by atoms with van der Waals surface area (Å²) in [5, 5.41) is 12.3. The summed E-state index contributed by atoms with van der Waals surface area (Å²) < 4.78 is 53.4. The summed E-state index contributed by atoms with van der Waals surface area (Å²) in [6, 6.07) is -0.257. The Hall–Kier alpha value is -1.05. The summed E-state index contributed by atoms with van der Waals surface area (Å²) in [6.45, 7) is 1.05. The molecule has 8 heteroatoms. The number of nitrogens with zero attached hydrogens (tertiary/aromatic N) is 1. The number of piperazine rings is 1. The molecule has 0 aromatic heterocycles. The highest BCUT2D eigenvalue weighted by atomic mass is 35.5. The lowest BCUT2D eigenvalue weighted by Gasteiger charge is -2.36. The molecule has 2 rings (SSSR count).